The third-order valence-corrected chi connectivity index (χ3v) is 3.43. The van der Waals surface area contributed by atoms with E-state index in [4.69, 9.17) is 5.11 Å². The van der Waals surface area contributed by atoms with Crippen LogP contribution in [-0.2, 0) is 16.0 Å². The van der Waals surface area contributed by atoms with Gasteiger partial charge in [0.25, 0.3) is 0 Å². The summed E-state index contributed by atoms with van der Waals surface area (Å²) in [5, 5.41) is 20.8. The average Bonchev–Trinajstić information content (AvgIpc) is 2.60. The molecular weight excluding hydrogens is 278 g/mol. The Hall–Kier alpha value is -1.50. The van der Waals surface area contributed by atoms with Crippen molar-refractivity contribution in [1.29, 1.82) is 0 Å². The monoisotopic (exact) mass is 299 g/mol. The summed E-state index contributed by atoms with van der Waals surface area (Å²) in [5.74, 6) is -0.651. The van der Waals surface area contributed by atoms with E-state index >= 15 is 0 Å². The number of nitrogens with one attached hydrogen (secondary N) is 1. The number of carboxylic acid groups (broad SMARTS) is 1. The number of aromatic nitrogens is 2. The molecule has 2 N–H and O–H groups in total. The number of carbonyl (C=O) groups is 2. The normalized spacial score (nSPS) is 11.7. The molecule has 0 aromatic carbocycles. The number of rotatable bonds is 7. The van der Waals surface area contributed by atoms with Crippen LogP contribution in [0.5, 0.6) is 0 Å². The molecule has 112 valence electrons. The van der Waals surface area contributed by atoms with E-state index in [1.165, 1.54) is 11.3 Å². The maximum Gasteiger partial charge on any atom is 0.303 e. The third-order valence-electron chi connectivity index (χ3n) is 2.56. The van der Waals surface area contributed by atoms with Crippen LogP contribution in [0.2, 0.25) is 0 Å². The van der Waals surface area contributed by atoms with Crippen molar-refractivity contribution in [3.63, 3.8) is 0 Å². The van der Waals surface area contributed by atoms with Crippen molar-refractivity contribution >= 4 is 28.3 Å². The minimum Gasteiger partial charge on any atom is -0.481 e. The molecule has 0 aliphatic heterocycles. The van der Waals surface area contributed by atoms with Gasteiger partial charge in [-0.15, -0.1) is 10.2 Å². The Morgan fingerprint density at radius 2 is 1.95 bits per heavy atom. The van der Waals surface area contributed by atoms with E-state index in [9.17, 15) is 9.59 Å². The van der Waals surface area contributed by atoms with Crippen molar-refractivity contribution < 1.29 is 14.7 Å². The van der Waals surface area contributed by atoms with E-state index in [1.807, 2.05) is 0 Å². The molecule has 1 heterocycles. The van der Waals surface area contributed by atoms with Crippen molar-refractivity contribution in [2.75, 3.05) is 5.32 Å². The summed E-state index contributed by atoms with van der Waals surface area (Å²) in [7, 11) is 0. The summed E-state index contributed by atoms with van der Waals surface area (Å²) < 4.78 is 0. The number of carboxylic acids is 1. The first kappa shape index (κ1) is 16.6. The van der Waals surface area contributed by atoms with Gasteiger partial charge in [-0.3, -0.25) is 9.59 Å². The van der Waals surface area contributed by atoms with Crippen LogP contribution in [0.3, 0.4) is 0 Å². The number of hydrogen-bond donors (Lipinski definition) is 2. The Kier molecular flexibility index (Phi) is 5.62. The maximum atomic E-state index is 11.9. The predicted molar refractivity (Wildman–Crippen MR) is 77.7 cm³/mol. The molecule has 1 rings (SSSR count). The van der Waals surface area contributed by atoms with Gasteiger partial charge < -0.3 is 10.4 Å². The van der Waals surface area contributed by atoms with Gasteiger partial charge in [-0.1, -0.05) is 39.0 Å². The lowest BCUT2D eigenvalue weighted by Gasteiger charge is -2.20. The van der Waals surface area contributed by atoms with E-state index in [0.717, 1.165) is 11.4 Å². The van der Waals surface area contributed by atoms with Gasteiger partial charge >= 0.3 is 5.97 Å². The zero-order valence-corrected chi connectivity index (χ0v) is 13.1. The van der Waals surface area contributed by atoms with E-state index in [0.29, 0.717) is 11.0 Å². The van der Waals surface area contributed by atoms with Gasteiger partial charge in [-0.25, -0.2) is 0 Å². The van der Waals surface area contributed by atoms with Crippen LogP contribution in [0.1, 0.15) is 45.5 Å². The summed E-state index contributed by atoms with van der Waals surface area (Å²) in [4.78, 5) is 22.6. The second-order valence-electron chi connectivity index (χ2n) is 6.06. The highest BCUT2D eigenvalue weighted by Gasteiger charge is 2.25. The highest BCUT2D eigenvalue weighted by atomic mass is 32.1. The molecule has 1 aromatic heterocycles. The number of nitrogens with zero attached hydrogens (tertiary/aromatic N) is 2. The predicted octanol–water partition coefficient (Wildman–Crippen LogP) is 2.57. The van der Waals surface area contributed by atoms with E-state index in [-0.39, 0.29) is 18.7 Å². The molecule has 0 saturated carbocycles. The molecular formula is C13H21N3O3S. The van der Waals surface area contributed by atoms with Crippen LogP contribution in [-0.4, -0.2) is 27.2 Å². The average molecular weight is 299 g/mol. The molecule has 20 heavy (non-hydrogen) atoms. The van der Waals surface area contributed by atoms with Gasteiger partial charge in [0, 0.05) is 12.8 Å². The van der Waals surface area contributed by atoms with E-state index < -0.39 is 11.4 Å². The molecule has 7 heteroatoms. The lowest BCUT2D eigenvalue weighted by Crippen LogP contribution is -2.24. The number of anilines is 1. The van der Waals surface area contributed by atoms with Crippen molar-refractivity contribution in [3.8, 4) is 0 Å². The molecule has 0 aliphatic rings. The van der Waals surface area contributed by atoms with Crippen molar-refractivity contribution in [3.05, 3.63) is 5.01 Å². The smallest absolute Gasteiger partial charge is 0.303 e. The van der Waals surface area contributed by atoms with Crippen LogP contribution in [0.25, 0.3) is 0 Å². The van der Waals surface area contributed by atoms with E-state index in [2.05, 4.69) is 29.4 Å². The van der Waals surface area contributed by atoms with E-state index in [1.54, 1.807) is 13.8 Å². The first-order valence-corrected chi connectivity index (χ1v) is 7.33. The van der Waals surface area contributed by atoms with Crippen LogP contribution in [0, 0.1) is 11.3 Å². The Labute approximate surface area is 122 Å². The largest absolute Gasteiger partial charge is 0.481 e. The maximum absolute atomic E-state index is 11.9. The van der Waals surface area contributed by atoms with Gasteiger partial charge in [0.15, 0.2) is 0 Å². The van der Waals surface area contributed by atoms with Gasteiger partial charge in [-0.05, 0) is 11.3 Å². The zero-order chi connectivity index (χ0) is 15.3. The fourth-order valence-corrected chi connectivity index (χ4v) is 2.77. The second kappa shape index (κ2) is 6.78. The Morgan fingerprint density at radius 3 is 2.50 bits per heavy atom. The highest BCUT2D eigenvalue weighted by Crippen LogP contribution is 2.26. The first-order chi connectivity index (χ1) is 9.18. The standard InChI is InChI=1S/C13H21N3O3S/c1-8(2)5-10-15-16-12(20-10)14-9(17)6-13(3,4)7-11(18)19/h8H,5-7H2,1-4H3,(H,18,19)(H,14,16,17). The molecule has 6 nitrogen and oxygen atoms in total. The fourth-order valence-electron chi connectivity index (χ4n) is 1.81. The minimum atomic E-state index is -0.905. The van der Waals surface area contributed by atoms with Crippen molar-refractivity contribution in [2.24, 2.45) is 11.3 Å². The fraction of sp³-hybridized carbons (Fsp3) is 0.692. The topological polar surface area (TPSA) is 92.2 Å². The van der Waals surface area contributed by atoms with Crippen molar-refractivity contribution in [2.45, 2.75) is 47.0 Å². The van der Waals surface area contributed by atoms with Gasteiger partial charge in [-0.2, -0.15) is 0 Å². The molecule has 0 unspecified atom stereocenters. The summed E-state index contributed by atoms with van der Waals surface area (Å²) in [6.07, 6.45) is 0.922. The Bertz CT molecular complexity index is 483. The highest BCUT2D eigenvalue weighted by molar-refractivity contribution is 7.15. The molecule has 0 radical (unpaired) electrons. The SMILES string of the molecule is CC(C)Cc1nnc(NC(=O)CC(C)(C)CC(=O)O)s1. The number of amides is 1. The molecule has 0 bridgehead atoms. The van der Waals surface area contributed by atoms with Crippen LogP contribution < -0.4 is 5.32 Å². The zero-order valence-electron chi connectivity index (χ0n) is 12.3. The third kappa shape index (κ3) is 6.10. The number of aliphatic carboxylic acids is 1. The lowest BCUT2D eigenvalue weighted by atomic mass is 9.85. The Balaban J connectivity index is 2.54. The van der Waals surface area contributed by atoms with Crippen LogP contribution in [0.4, 0.5) is 5.13 Å². The number of carbonyl (C=O) groups excluding carboxylic acids is 1. The quantitative estimate of drug-likeness (QED) is 0.807. The Morgan fingerprint density at radius 1 is 1.30 bits per heavy atom. The van der Waals surface area contributed by atoms with Gasteiger partial charge in [0.05, 0.1) is 6.42 Å². The summed E-state index contributed by atoms with van der Waals surface area (Å²) in [6.45, 7) is 7.69. The molecule has 1 aromatic rings. The summed E-state index contributed by atoms with van der Waals surface area (Å²) in [5.41, 5.74) is -0.582. The van der Waals surface area contributed by atoms with Gasteiger partial charge in [0.1, 0.15) is 5.01 Å². The molecule has 0 spiro atoms. The van der Waals surface area contributed by atoms with Crippen LogP contribution in [0.15, 0.2) is 0 Å². The van der Waals surface area contributed by atoms with Crippen LogP contribution >= 0.6 is 11.3 Å². The molecule has 1 amide bonds. The number of hydrogen-bond acceptors (Lipinski definition) is 5. The molecule has 0 aliphatic carbocycles. The molecule has 0 atom stereocenters. The summed E-state index contributed by atoms with van der Waals surface area (Å²) >= 11 is 1.36. The second-order valence-corrected chi connectivity index (χ2v) is 7.12. The first-order valence-electron chi connectivity index (χ1n) is 6.52. The van der Waals surface area contributed by atoms with Crippen molar-refractivity contribution in [1.82, 2.24) is 10.2 Å². The minimum absolute atomic E-state index is 0.0465. The lowest BCUT2D eigenvalue weighted by molar-refractivity contribution is -0.139. The summed E-state index contributed by atoms with van der Waals surface area (Å²) in [6, 6.07) is 0. The molecule has 0 fully saturated rings. The van der Waals surface area contributed by atoms with Gasteiger partial charge in [0.2, 0.25) is 11.0 Å². The molecule has 0 saturated heterocycles.